The van der Waals surface area contributed by atoms with Crippen molar-refractivity contribution < 1.29 is 24.6 Å². The van der Waals surface area contributed by atoms with Gasteiger partial charge in [-0.1, -0.05) is 6.92 Å². The van der Waals surface area contributed by atoms with E-state index in [-0.39, 0.29) is 18.9 Å². The fraction of sp³-hybridized carbons (Fsp3) is 0.700. The highest BCUT2D eigenvalue weighted by molar-refractivity contribution is 6.09. The Bertz CT molecular complexity index is 324. The Morgan fingerprint density at radius 3 is 2.12 bits per heavy atom. The van der Waals surface area contributed by atoms with Gasteiger partial charge in [-0.3, -0.25) is 4.79 Å². The lowest BCUT2D eigenvalue weighted by atomic mass is 9.91. The Hall–Kier alpha value is -1.59. The summed E-state index contributed by atoms with van der Waals surface area (Å²) < 4.78 is 0. The second-order valence-electron chi connectivity index (χ2n) is 3.86. The summed E-state index contributed by atoms with van der Waals surface area (Å²) in [5.74, 6) is -3.82. The number of carbonyl (C=O) groups is 3. The highest BCUT2D eigenvalue weighted by Gasteiger charge is 2.60. The second kappa shape index (κ2) is 4.11. The van der Waals surface area contributed by atoms with Gasteiger partial charge in [0.15, 0.2) is 0 Å². The largest absolute Gasteiger partial charge is 0.479 e. The van der Waals surface area contributed by atoms with Gasteiger partial charge < -0.3 is 15.1 Å². The molecule has 1 aliphatic heterocycles. The summed E-state index contributed by atoms with van der Waals surface area (Å²) >= 11 is 0. The Labute approximate surface area is 92.9 Å². The van der Waals surface area contributed by atoms with Crippen molar-refractivity contribution in [3.8, 4) is 0 Å². The number of carboxylic acids is 2. The van der Waals surface area contributed by atoms with Gasteiger partial charge in [-0.25, -0.2) is 9.59 Å². The van der Waals surface area contributed by atoms with Gasteiger partial charge in [0.2, 0.25) is 11.4 Å². The second-order valence-corrected chi connectivity index (χ2v) is 3.86. The van der Waals surface area contributed by atoms with E-state index >= 15 is 0 Å². The van der Waals surface area contributed by atoms with Gasteiger partial charge in [0.05, 0.1) is 0 Å². The lowest BCUT2D eigenvalue weighted by Gasteiger charge is -2.29. The van der Waals surface area contributed by atoms with Crippen LogP contribution in [0.1, 0.15) is 26.7 Å². The average molecular weight is 229 g/mol. The van der Waals surface area contributed by atoms with Gasteiger partial charge in [0.25, 0.3) is 0 Å². The topological polar surface area (TPSA) is 94.9 Å². The first-order valence-corrected chi connectivity index (χ1v) is 5.20. The number of amides is 1. The molecule has 0 radical (unpaired) electrons. The predicted octanol–water partition coefficient (Wildman–Crippen LogP) is 0.173. The van der Waals surface area contributed by atoms with E-state index in [4.69, 9.17) is 10.2 Å². The average Bonchev–Trinajstić information content (AvgIpc) is 2.51. The normalized spacial score (nSPS) is 23.5. The monoisotopic (exact) mass is 229 g/mol. The molecule has 0 aliphatic carbocycles. The summed E-state index contributed by atoms with van der Waals surface area (Å²) in [6.07, 6.45) is 0.304. The van der Waals surface area contributed by atoms with Crippen molar-refractivity contribution in [2.45, 2.75) is 32.2 Å². The van der Waals surface area contributed by atoms with Gasteiger partial charge in [-0.05, 0) is 13.3 Å². The minimum absolute atomic E-state index is 0.0912. The van der Waals surface area contributed by atoms with Gasteiger partial charge >= 0.3 is 11.9 Å². The molecule has 1 heterocycles. The van der Waals surface area contributed by atoms with Crippen LogP contribution in [0.15, 0.2) is 0 Å². The van der Waals surface area contributed by atoms with E-state index in [2.05, 4.69) is 0 Å². The van der Waals surface area contributed by atoms with Crippen molar-refractivity contribution >= 4 is 17.8 Å². The molecule has 1 atom stereocenters. The molecule has 1 fully saturated rings. The Balaban J connectivity index is 3.24. The molecule has 0 aromatic rings. The van der Waals surface area contributed by atoms with Crippen molar-refractivity contribution in [2.75, 3.05) is 6.54 Å². The minimum atomic E-state index is -2.08. The van der Waals surface area contributed by atoms with Crippen molar-refractivity contribution in [1.29, 1.82) is 0 Å². The third kappa shape index (κ3) is 1.45. The van der Waals surface area contributed by atoms with Gasteiger partial charge in [0.1, 0.15) is 0 Å². The Morgan fingerprint density at radius 1 is 1.38 bits per heavy atom. The van der Waals surface area contributed by atoms with Crippen LogP contribution in [0.5, 0.6) is 0 Å². The van der Waals surface area contributed by atoms with Crippen LogP contribution in [0.2, 0.25) is 0 Å². The number of rotatable bonds is 4. The standard InChI is InChI=1S/C10H15NO5/c1-3-6-5-10(8(13)14,9(15)16)11(4-2)7(6)12/h6H,3-5H2,1-2H3,(H,13,14)(H,15,16). The van der Waals surface area contributed by atoms with E-state index in [9.17, 15) is 14.4 Å². The Kier molecular flexibility index (Phi) is 3.21. The molecule has 16 heavy (non-hydrogen) atoms. The zero-order valence-corrected chi connectivity index (χ0v) is 9.27. The fourth-order valence-corrected chi connectivity index (χ4v) is 2.20. The van der Waals surface area contributed by atoms with Crippen molar-refractivity contribution in [1.82, 2.24) is 4.90 Å². The maximum absolute atomic E-state index is 11.8. The molecule has 0 aromatic heterocycles. The van der Waals surface area contributed by atoms with E-state index < -0.39 is 23.4 Å². The summed E-state index contributed by atoms with van der Waals surface area (Å²) in [5, 5.41) is 18.2. The quantitative estimate of drug-likeness (QED) is 0.670. The minimum Gasteiger partial charge on any atom is -0.479 e. The maximum atomic E-state index is 11.8. The lowest BCUT2D eigenvalue weighted by molar-refractivity contribution is -0.168. The zero-order chi connectivity index (χ0) is 12.5. The van der Waals surface area contributed by atoms with Crippen LogP contribution in [-0.2, 0) is 14.4 Å². The van der Waals surface area contributed by atoms with Crippen LogP contribution in [0, 0.1) is 5.92 Å². The van der Waals surface area contributed by atoms with Gasteiger partial charge in [-0.2, -0.15) is 0 Å². The van der Waals surface area contributed by atoms with E-state index in [1.807, 2.05) is 0 Å². The molecule has 6 heteroatoms. The van der Waals surface area contributed by atoms with Gasteiger partial charge in [-0.15, -0.1) is 0 Å². The highest BCUT2D eigenvalue weighted by Crippen LogP contribution is 2.36. The summed E-state index contributed by atoms with van der Waals surface area (Å²) in [7, 11) is 0. The molecule has 1 aliphatic rings. The molecule has 6 nitrogen and oxygen atoms in total. The first kappa shape index (κ1) is 12.5. The molecule has 0 aromatic carbocycles. The number of hydrogen-bond acceptors (Lipinski definition) is 3. The molecule has 1 saturated heterocycles. The zero-order valence-electron chi connectivity index (χ0n) is 9.27. The molecule has 1 rings (SSSR count). The first-order chi connectivity index (χ1) is 7.41. The van der Waals surface area contributed by atoms with Crippen molar-refractivity contribution in [2.24, 2.45) is 5.92 Å². The van der Waals surface area contributed by atoms with Crippen LogP contribution in [0.3, 0.4) is 0 Å². The maximum Gasteiger partial charge on any atom is 0.341 e. The molecule has 1 unspecified atom stereocenters. The summed E-state index contributed by atoms with van der Waals surface area (Å²) in [6, 6.07) is 0. The molecule has 2 N–H and O–H groups in total. The molecule has 0 spiro atoms. The summed E-state index contributed by atoms with van der Waals surface area (Å²) in [4.78, 5) is 35.1. The van der Waals surface area contributed by atoms with E-state index in [0.29, 0.717) is 6.42 Å². The molecular weight excluding hydrogens is 214 g/mol. The third-order valence-electron chi connectivity index (χ3n) is 3.13. The van der Waals surface area contributed by atoms with Gasteiger partial charge in [0, 0.05) is 18.9 Å². The number of likely N-dealkylation sites (tertiary alicyclic amines) is 1. The van der Waals surface area contributed by atoms with Crippen LogP contribution in [-0.4, -0.2) is 45.0 Å². The molecule has 90 valence electrons. The smallest absolute Gasteiger partial charge is 0.341 e. The lowest BCUT2D eigenvalue weighted by Crippen LogP contribution is -2.57. The summed E-state index contributed by atoms with van der Waals surface area (Å²) in [5.41, 5.74) is -2.08. The third-order valence-corrected chi connectivity index (χ3v) is 3.13. The Morgan fingerprint density at radius 2 is 1.88 bits per heavy atom. The molecule has 0 bridgehead atoms. The van der Waals surface area contributed by atoms with E-state index in [0.717, 1.165) is 4.90 Å². The van der Waals surface area contributed by atoms with Crippen LogP contribution < -0.4 is 0 Å². The number of aliphatic carboxylic acids is 2. The van der Waals surface area contributed by atoms with Crippen LogP contribution >= 0.6 is 0 Å². The van der Waals surface area contributed by atoms with Crippen LogP contribution in [0.25, 0.3) is 0 Å². The van der Waals surface area contributed by atoms with Crippen molar-refractivity contribution in [3.63, 3.8) is 0 Å². The highest BCUT2D eigenvalue weighted by atomic mass is 16.4. The summed E-state index contributed by atoms with van der Waals surface area (Å²) in [6.45, 7) is 3.42. The predicted molar refractivity (Wildman–Crippen MR) is 53.8 cm³/mol. The molecular formula is C10H15NO5. The number of nitrogens with zero attached hydrogens (tertiary/aromatic N) is 1. The molecule has 0 saturated carbocycles. The van der Waals surface area contributed by atoms with E-state index in [1.165, 1.54) is 0 Å². The van der Waals surface area contributed by atoms with Crippen LogP contribution in [0.4, 0.5) is 0 Å². The SMILES string of the molecule is CCC1CC(C(=O)O)(C(=O)O)N(CC)C1=O. The number of likely N-dealkylation sites (N-methyl/N-ethyl adjacent to an activating group) is 1. The fourth-order valence-electron chi connectivity index (χ4n) is 2.20. The number of hydrogen-bond donors (Lipinski definition) is 2. The molecule has 1 amide bonds. The number of carboxylic acid groups (broad SMARTS) is 2. The van der Waals surface area contributed by atoms with Crippen molar-refractivity contribution in [3.05, 3.63) is 0 Å². The first-order valence-electron chi connectivity index (χ1n) is 5.20. The number of carbonyl (C=O) groups excluding carboxylic acids is 1. The van der Waals surface area contributed by atoms with E-state index in [1.54, 1.807) is 13.8 Å².